The first kappa shape index (κ1) is 24.7. The lowest BCUT2D eigenvalue weighted by Gasteiger charge is -2.23. The summed E-state index contributed by atoms with van der Waals surface area (Å²) in [6.07, 6.45) is 0.693. The smallest absolute Gasteiger partial charge is 0.255 e. The highest BCUT2D eigenvalue weighted by Crippen LogP contribution is 2.28. The minimum absolute atomic E-state index is 0.114. The molecule has 0 aliphatic rings. The molecule has 1 heterocycles. The number of hydrogen-bond acceptors (Lipinski definition) is 7. The van der Waals surface area contributed by atoms with Crippen LogP contribution in [0.5, 0.6) is 11.5 Å². The van der Waals surface area contributed by atoms with Crippen LogP contribution in [0.25, 0.3) is 10.6 Å². The Labute approximate surface area is 204 Å². The van der Waals surface area contributed by atoms with Crippen LogP contribution in [0.1, 0.15) is 30.6 Å². The van der Waals surface area contributed by atoms with Gasteiger partial charge in [0.1, 0.15) is 22.5 Å². The van der Waals surface area contributed by atoms with E-state index in [1.54, 1.807) is 18.2 Å². The van der Waals surface area contributed by atoms with Gasteiger partial charge < -0.3 is 14.8 Å². The Kier molecular flexibility index (Phi) is 8.40. The molecule has 2 N–H and O–H groups in total. The summed E-state index contributed by atoms with van der Waals surface area (Å²) in [4.78, 5) is 26.1. The highest BCUT2D eigenvalue weighted by atomic mass is 79.9. The van der Waals surface area contributed by atoms with Crippen molar-refractivity contribution in [2.45, 2.75) is 26.3 Å². The molecule has 10 heteroatoms. The molecule has 0 aliphatic carbocycles. The van der Waals surface area contributed by atoms with Crippen LogP contribution in [0, 0.1) is 5.92 Å². The number of methoxy groups -OCH3 is 2. The lowest BCUT2D eigenvalue weighted by atomic mass is 9.98. The maximum absolute atomic E-state index is 13.1. The second kappa shape index (κ2) is 11.2. The number of amides is 2. The van der Waals surface area contributed by atoms with E-state index in [1.165, 1.54) is 25.6 Å². The molecular weight excluding hydrogens is 508 g/mol. The quantitative estimate of drug-likeness (QED) is 0.411. The van der Waals surface area contributed by atoms with Gasteiger partial charge in [0.2, 0.25) is 11.0 Å². The summed E-state index contributed by atoms with van der Waals surface area (Å²) in [5.41, 5.74) is 1.21. The fourth-order valence-corrected chi connectivity index (χ4v) is 4.09. The number of halogens is 1. The Hall–Kier alpha value is -2.98. The maximum atomic E-state index is 13.1. The van der Waals surface area contributed by atoms with Crippen LogP contribution in [0.4, 0.5) is 5.13 Å². The zero-order valence-electron chi connectivity index (χ0n) is 18.7. The van der Waals surface area contributed by atoms with Crippen molar-refractivity contribution in [2.75, 3.05) is 19.5 Å². The van der Waals surface area contributed by atoms with Crippen LogP contribution in [0.15, 0.2) is 46.9 Å². The van der Waals surface area contributed by atoms with E-state index in [-0.39, 0.29) is 11.8 Å². The van der Waals surface area contributed by atoms with Crippen LogP contribution in [-0.4, -0.2) is 42.3 Å². The summed E-state index contributed by atoms with van der Waals surface area (Å²) in [6, 6.07) is 11.8. The molecule has 0 bridgehead atoms. The molecule has 8 nitrogen and oxygen atoms in total. The number of carbonyl (C=O) groups is 2. The molecule has 3 rings (SSSR count). The van der Waals surface area contributed by atoms with E-state index in [4.69, 9.17) is 9.47 Å². The highest BCUT2D eigenvalue weighted by Gasteiger charge is 2.28. The Bertz CT molecular complexity index is 1120. The van der Waals surface area contributed by atoms with E-state index < -0.39 is 11.9 Å². The molecule has 0 fully saturated rings. The fraction of sp³-hybridized carbons (Fsp3) is 0.304. The van der Waals surface area contributed by atoms with Gasteiger partial charge in [-0.15, -0.1) is 10.2 Å². The van der Waals surface area contributed by atoms with E-state index in [1.807, 2.05) is 38.1 Å². The lowest BCUT2D eigenvalue weighted by Crippen LogP contribution is -2.47. The van der Waals surface area contributed by atoms with Crippen LogP contribution in [0.3, 0.4) is 0 Å². The third kappa shape index (κ3) is 6.08. The van der Waals surface area contributed by atoms with Gasteiger partial charge in [-0.25, -0.2) is 0 Å². The normalized spacial score (nSPS) is 12.5. The molecule has 0 radical (unpaired) electrons. The van der Waals surface area contributed by atoms with Crippen LogP contribution in [-0.2, 0) is 4.79 Å². The van der Waals surface area contributed by atoms with Crippen molar-refractivity contribution >= 4 is 44.2 Å². The first-order valence-corrected chi connectivity index (χ1v) is 11.9. The second-order valence-corrected chi connectivity index (χ2v) is 9.20. The summed E-state index contributed by atoms with van der Waals surface area (Å²) < 4.78 is 11.5. The summed E-state index contributed by atoms with van der Waals surface area (Å²) in [6.45, 7) is 3.87. The Morgan fingerprint density at radius 1 is 1.09 bits per heavy atom. The number of nitrogens with zero attached hydrogens (tertiary/aromatic N) is 2. The predicted molar refractivity (Wildman–Crippen MR) is 132 cm³/mol. The van der Waals surface area contributed by atoms with Gasteiger partial charge in [0, 0.05) is 16.1 Å². The van der Waals surface area contributed by atoms with Crippen LogP contribution >= 0.6 is 27.3 Å². The number of rotatable bonds is 9. The minimum atomic E-state index is -0.769. The summed E-state index contributed by atoms with van der Waals surface area (Å²) in [5, 5.41) is 14.9. The van der Waals surface area contributed by atoms with E-state index in [0.29, 0.717) is 33.6 Å². The van der Waals surface area contributed by atoms with E-state index in [0.717, 1.165) is 10.0 Å². The zero-order chi connectivity index (χ0) is 24.0. The van der Waals surface area contributed by atoms with Crippen molar-refractivity contribution < 1.29 is 19.1 Å². The number of ether oxygens (including phenoxy) is 2. The molecule has 1 aromatic heterocycles. The molecule has 0 spiro atoms. The number of carbonyl (C=O) groups excluding carboxylic acids is 2. The number of anilines is 1. The topological polar surface area (TPSA) is 102 Å². The van der Waals surface area contributed by atoms with Gasteiger partial charge in [0.15, 0.2) is 0 Å². The SMILES string of the molecule is CCC(C)C(NC(=O)c1ccc(OC)cc1OC)C(=O)Nc1nnc(-c2ccc(Br)cc2)s1. The molecule has 2 atom stereocenters. The van der Waals surface area contributed by atoms with Crippen LogP contribution < -0.4 is 20.1 Å². The molecule has 0 saturated carbocycles. The van der Waals surface area contributed by atoms with Crippen molar-refractivity contribution in [3.05, 3.63) is 52.5 Å². The van der Waals surface area contributed by atoms with Crippen molar-refractivity contribution in [1.29, 1.82) is 0 Å². The number of aromatic nitrogens is 2. The van der Waals surface area contributed by atoms with E-state index >= 15 is 0 Å². The average molecular weight is 533 g/mol. The van der Waals surface area contributed by atoms with Gasteiger partial charge >= 0.3 is 0 Å². The summed E-state index contributed by atoms with van der Waals surface area (Å²) in [7, 11) is 3.01. The van der Waals surface area contributed by atoms with E-state index in [2.05, 4.69) is 36.8 Å². The first-order chi connectivity index (χ1) is 15.9. The Balaban J connectivity index is 1.76. The predicted octanol–water partition coefficient (Wildman–Crippen LogP) is 4.77. The number of nitrogens with one attached hydrogen (secondary N) is 2. The molecule has 2 aromatic carbocycles. The van der Waals surface area contributed by atoms with Gasteiger partial charge in [0.25, 0.3) is 5.91 Å². The standard InChI is InChI=1S/C23H25BrN4O4S/c1-5-13(2)19(25-20(29)17-11-10-16(31-3)12-18(17)32-4)21(30)26-23-28-27-22(33-23)14-6-8-15(24)9-7-14/h6-13,19H,5H2,1-4H3,(H,25,29)(H,26,28,30). The van der Waals surface area contributed by atoms with Gasteiger partial charge in [-0.1, -0.05) is 59.7 Å². The second-order valence-electron chi connectivity index (χ2n) is 7.31. The average Bonchev–Trinajstić information content (AvgIpc) is 3.30. The molecule has 0 aliphatic heterocycles. The molecule has 2 amide bonds. The van der Waals surface area contributed by atoms with Crippen LogP contribution in [0.2, 0.25) is 0 Å². The minimum Gasteiger partial charge on any atom is -0.497 e. The molecule has 0 saturated heterocycles. The summed E-state index contributed by atoms with van der Waals surface area (Å²) >= 11 is 4.67. The van der Waals surface area contributed by atoms with Crippen molar-refractivity contribution in [2.24, 2.45) is 5.92 Å². The third-order valence-electron chi connectivity index (χ3n) is 5.18. The molecule has 3 aromatic rings. The third-order valence-corrected chi connectivity index (χ3v) is 6.60. The Morgan fingerprint density at radius 3 is 2.45 bits per heavy atom. The van der Waals surface area contributed by atoms with E-state index in [9.17, 15) is 9.59 Å². The molecule has 174 valence electrons. The zero-order valence-corrected chi connectivity index (χ0v) is 21.1. The lowest BCUT2D eigenvalue weighted by molar-refractivity contribution is -0.119. The summed E-state index contributed by atoms with van der Waals surface area (Å²) in [5.74, 6) is 0.0411. The van der Waals surface area contributed by atoms with Gasteiger partial charge in [0.05, 0.1) is 19.8 Å². The van der Waals surface area contributed by atoms with Crippen molar-refractivity contribution in [3.8, 4) is 22.1 Å². The fourth-order valence-electron chi connectivity index (χ4n) is 3.07. The van der Waals surface area contributed by atoms with Gasteiger partial charge in [-0.3, -0.25) is 14.9 Å². The highest BCUT2D eigenvalue weighted by molar-refractivity contribution is 9.10. The molecule has 2 unspecified atom stereocenters. The molecular formula is C23H25BrN4O4S. The van der Waals surface area contributed by atoms with Gasteiger partial charge in [-0.2, -0.15) is 0 Å². The number of hydrogen-bond donors (Lipinski definition) is 2. The molecule has 33 heavy (non-hydrogen) atoms. The number of benzene rings is 2. The Morgan fingerprint density at radius 2 is 1.82 bits per heavy atom. The monoisotopic (exact) mass is 532 g/mol. The largest absolute Gasteiger partial charge is 0.497 e. The maximum Gasteiger partial charge on any atom is 0.255 e. The van der Waals surface area contributed by atoms with Crippen molar-refractivity contribution in [3.63, 3.8) is 0 Å². The van der Waals surface area contributed by atoms with Gasteiger partial charge in [-0.05, 0) is 30.2 Å². The van der Waals surface area contributed by atoms with Crippen molar-refractivity contribution in [1.82, 2.24) is 15.5 Å². The first-order valence-electron chi connectivity index (χ1n) is 10.3.